The van der Waals surface area contributed by atoms with Crippen LogP contribution in [0.1, 0.15) is 32.1 Å². The molecule has 0 aromatic rings. The van der Waals surface area contributed by atoms with Gasteiger partial charge in [0.1, 0.15) is 0 Å². The predicted molar refractivity (Wildman–Crippen MR) is 63.2 cm³/mol. The molecule has 3 heteroatoms. The Balaban J connectivity index is 1.86. The third-order valence-corrected chi connectivity index (χ3v) is 4.17. The standard InChI is InChI=1S/C13H21NO2/c1-2-3-4-7-14-12-10-6-5-9(8-10)11(12)13(15)16/h2,9-12,14H,1,3-8H2,(H,15,16). The number of carbonyl (C=O) groups is 1. The van der Waals surface area contributed by atoms with Crippen LogP contribution in [0.25, 0.3) is 0 Å². The van der Waals surface area contributed by atoms with E-state index in [-0.39, 0.29) is 12.0 Å². The summed E-state index contributed by atoms with van der Waals surface area (Å²) in [4.78, 5) is 11.2. The molecule has 2 aliphatic carbocycles. The van der Waals surface area contributed by atoms with E-state index >= 15 is 0 Å². The van der Waals surface area contributed by atoms with Crippen LogP contribution >= 0.6 is 0 Å². The van der Waals surface area contributed by atoms with Crippen LogP contribution in [0.3, 0.4) is 0 Å². The fraction of sp³-hybridized carbons (Fsp3) is 0.769. The molecule has 4 atom stereocenters. The number of allylic oxidation sites excluding steroid dienone is 1. The van der Waals surface area contributed by atoms with Crippen LogP contribution in [-0.2, 0) is 4.79 Å². The molecule has 0 radical (unpaired) electrons. The number of hydrogen-bond acceptors (Lipinski definition) is 2. The van der Waals surface area contributed by atoms with E-state index in [9.17, 15) is 9.90 Å². The number of fused-ring (bicyclic) bond motifs is 2. The van der Waals surface area contributed by atoms with Crippen molar-refractivity contribution in [3.8, 4) is 0 Å². The second kappa shape index (κ2) is 5.00. The first kappa shape index (κ1) is 11.6. The van der Waals surface area contributed by atoms with Crippen molar-refractivity contribution in [2.24, 2.45) is 17.8 Å². The number of aliphatic carboxylic acids is 1. The summed E-state index contributed by atoms with van der Waals surface area (Å²) < 4.78 is 0. The van der Waals surface area contributed by atoms with E-state index in [1.807, 2.05) is 6.08 Å². The summed E-state index contributed by atoms with van der Waals surface area (Å²) in [6, 6.07) is 0.223. The molecule has 90 valence electrons. The van der Waals surface area contributed by atoms with Crippen LogP contribution in [0.5, 0.6) is 0 Å². The average Bonchev–Trinajstić information content (AvgIpc) is 2.83. The van der Waals surface area contributed by atoms with E-state index < -0.39 is 5.97 Å². The van der Waals surface area contributed by atoms with Gasteiger partial charge in [-0.25, -0.2) is 0 Å². The molecule has 16 heavy (non-hydrogen) atoms. The maximum absolute atomic E-state index is 11.2. The highest BCUT2D eigenvalue weighted by Crippen LogP contribution is 2.48. The van der Waals surface area contributed by atoms with Crippen molar-refractivity contribution in [1.29, 1.82) is 0 Å². The molecule has 0 saturated heterocycles. The summed E-state index contributed by atoms with van der Waals surface area (Å²) in [5, 5.41) is 12.7. The number of nitrogens with one attached hydrogen (secondary N) is 1. The third-order valence-electron chi connectivity index (χ3n) is 4.17. The number of carboxylic acids is 1. The van der Waals surface area contributed by atoms with Crippen molar-refractivity contribution in [1.82, 2.24) is 5.32 Å². The largest absolute Gasteiger partial charge is 0.481 e. The molecule has 0 heterocycles. The van der Waals surface area contributed by atoms with Crippen LogP contribution in [0.4, 0.5) is 0 Å². The lowest BCUT2D eigenvalue weighted by Crippen LogP contribution is -2.44. The van der Waals surface area contributed by atoms with Crippen LogP contribution in [0.2, 0.25) is 0 Å². The molecule has 2 saturated carbocycles. The molecular formula is C13H21NO2. The van der Waals surface area contributed by atoms with Gasteiger partial charge in [0.05, 0.1) is 5.92 Å². The normalized spacial score (nSPS) is 36.5. The second-order valence-corrected chi connectivity index (χ2v) is 5.11. The van der Waals surface area contributed by atoms with Crippen molar-refractivity contribution < 1.29 is 9.90 Å². The summed E-state index contributed by atoms with van der Waals surface area (Å²) in [6.45, 7) is 4.61. The molecule has 4 unspecified atom stereocenters. The quantitative estimate of drug-likeness (QED) is 0.535. The summed E-state index contributed by atoms with van der Waals surface area (Å²) in [5.41, 5.74) is 0. The smallest absolute Gasteiger partial charge is 0.308 e. The predicted octanol–water partition coefficient (Wildman–Crippen LogP) is 2.04. The molecule has 2 rings (SSSR count). The van der Waals surface area contributed by atoms with E-state index in [0.717, 1.165) is 32.2 Å². The molecule has 0 amide bonds. The Kier molecular flexibility index (Phi) is 3.64. The zero-order valence-electron chi connectivity index (χ0n) is 9.69. The van der Waals surface area contributed by atoms with Gasteiger partial charge in [-0.1, -0.05) is 6.08 Å². The Morgan fingerprint density at radius 2 is 2.19 bits per heavy atom. The van der Waals surface area contributed by atoms with Gasteiger partial charge in [0.15, 0.2) is 0 Å². The van der Waals surface area contributed by atoms with Gasteiger partial charge in [-0.05, 0) is 50.5 Å². The van der Waals surface area contributed by atoms with Gasteiger partial charge in [0, 0.05) is 6.04 Å². The number of unbranched alkanes of at least 4 members (excludes halogenated alkanes) is 1. The van der Waals surface area contributed by atoms with Gasteiger partial charge < -0.3 is 10.4 Å². The summed E-state index contributed by atoms with van der Waals surface area (Å²) >= 11 is 0. The van der Waals surface area contributed by atoms with Crippen LogP contribution in [-0.4, -0.2) is 23.7 Å². The Morgan fingerprint density at radius 3 is 2.88 bits per heavy atom. The topological polar surface area (TPSA) is 49.3 Å². The van der Waals surface area contributed by atoms with Crippen molar-refractivity contribution >= 4 is 5.97 Å². The first-order valence-corrected chi connectivity index (χ1v) is 6.31. The molecule has 2 bridgehead atoms. The Labute approximate surface area is 96.9 Å². The van der Waals surface area contributed by atoms with Gasteiger partial charge in [-0.2, -0.15) is 0 Å². The lowest BCUT2D eigenvalue weighted by molar-refractivity contribution is -0.144. The summed E-state index contributed by atoms with van der Waals surface area (Å²) in [7, 11) is 0. The zero-order valence-corrected chi connectivity index (χ0v) is 9.69. The van der Waals surface area contributed by atoms with Crippen molar-refractivity contribution in [3.05, 3.63) is 12.7 Å². The molecular weight excluding hydrogens is 202 g/mol. The average molecular weight is 223 g/mol. The monoisotopic (exact) mass is 223 g/mol. The summed E-state index contributed by atoms with van der Waals surface area (Å²) in [5.74, 6) is 0.296. The van der Waals surface area contributed by atoms with E-state index in [1.165, 1.54) is 6.42 Å². The maximum Gasteiger partial charge on any atom is 0.308 e. The van der Waals surface area contributed by atoms with E-state index in [2.05, 4.69) is 11.9 Å². The highest BCUT2D eigenvalue weighted by molar-refractivity contribution is 5.72. The van der Waals surface area contributed by atoms with Crippen LogP contribution in [0, 0.1) is 17.8 Å². The van der Waals surface area contributed by atoms with Gasteiger partial charge >= 0.3 is 5.97 Å². The lowest BCUT2D eigenvalue weighted by Gasteiger charge is -2.29. The summed E-state index contributed by atoms with van der Waals surface area (Å²) in [6.07, 6.45) is 7.43. The molecule has 2 N–H and O–H groups in total. The van der Waals surface area contributed by atoms with E-state index in [1.54, 1.807) is 0 Å². The highest BCUT2D eigenvalue weighted by Gasteiger charge is 2.50. The first-order valence-electron chi connectivity index (χ1n) is 6.31. The molecule has 2 aliphatic rings. The second-order valence-electron chi connectivity index (χ2n) is 5.11. The van der Waals surface area contributed by atoms with Gasteiger partial charge in [0.2, 0.25) is 0 Å². The SMILES string of the molecule is C=CCCCNC1C2CCC(C2)C1C(=O)O. The maximum atomic E-state index is 11.2. The number of rotatable bonds is 6. The van der Waals surface area contributed by atoms with Crippen molar-refractivity contribution in [2.45, 2.75) is 38.1 Å². The van der Waals surface area contributed by atoms with Crippen molar-refractivity contribution in [2.75, 3.05) is 6.54 Å². The third kappa shape index (κ3) is 2.14. The molecule has 2 fully saturated rings. The van der Waals surface area contributed by atoms with E-state index in [4.69, 9.17) is 0 Å². The van der Waals surface area contributed by atoms with Gasteiger partial charge in [-0.3, -0.25) is 4.79 Å². The highest BCUT2D eigenvalue weighted by atomic mass is 16.4. The number of hydrogen-bond donors (Lipinski definition) is 2. The minimum Gasteiger partial charge on any atom is -0.481 e. The fourth-order valence-electron chi connectivity index (χ4n) is 3.46. The molecule has 0 aromatic heterocycles. The molecule has 0 aliphatic heterocycles. The van der Waals surface area contributed by atoms with E-state index in [0.29, 0.717) is 11.8 Å². The lowest BCUT2D eigenvalue weighted by atomic mass is 9.84. The van der Waals surface area contributed by atoms with Crippen LogP contribution < -0.4 is 5.32 Å². The van der Waals surface area contributed by atoms with Gasteiger partial charge in [-0.15, -0.1) is 6.58 Å². The molecule has 3 nitrogen and oxygen atoms in total. The van der Waals surface area contributed by atoms with Crippen LogP contribution in [0.15, 0.2) is 12.7 Å². The van der Waals surface area contributed by atoms with Crippen molar-refractivity contribution in [3.63, 3.8) is 0 Å². The Bertz CT molecular complexity index is 277. The zero-order chi connectivity index (χ0) is 11.5. The first-order chi connectivity index (χ1) is 7.74. The minimum atomic E-state index is -0.603. The Morgan fingerprint density at radius 1 is 1.44 bits per heavy atom. The Hall–Kier alpha value is -0.830. The fourth-order valence-corrected chi connectivity index (χ4v) is 3.46. The molecule has 0 aromatic carbocycles. The molecule has 0 spiro atoms. The minimum absolute atomic E-state index is 0.137. The number of carboxylic acid groups (broad SMARTS) is 1. The van der Waals surface area contributed by atoms with Gasteiger partial charge in [0.25, 0.3) is 0 Å².